The number of carbonyl (C=O) groups excluding carboxylic acids is 1. The Morgan fingerprint density at radius 2 is 2.32 bits per heavy atom. The van der Waals surface area contributed by atoms with Gasteiger partial charge >= 0.3 is 0 Å². The molecule has 0 fully saturated rings. The molecule has 7 nitrogen and oxygen atoms in total. The smallest absolute Gasteiger partial charge is 0.252 e. The Hall–Kier alpha value is -2.22. The number of pyridine rings is 1. The highest BCUT2D eigenvalue weighted by atomic mass is 32.1. The lowest BCUT2D eigenvalue weighted by Gasteiger charge is -2.10. The third kappa shape index (κ3) is 3.16. The molecule has 0 aliphatic rings. The van der Waals surface area contributed by atoms with Gasteiger partial charge in [-0.2, -0.15) is 0 Å². The Bertz CT molecular complexity index is 586. The summed E-state index contributed by atoms with van der Waals surface area (Å²) in [4.78, 5) is 16.0. The minimum Gasteiger partial charge on any atom is -0.481 e. The van der Waals surface area contributed by atoms with E-state index >= 15 is 0 Å². The maximum Gasteiger partial charge on any atom is 0.252 e. The second-order valence-electron chi connectivity index (χ2n) is 3.76. The van der Waals surface area contributed by atoms with Crippen LogP contribution in [0.3, 0.4) is 0 Å². The first kappa shape index (κ1) is 13.2. The lowest BCUT2D eigenvalue weighted by atomic mass is 10.2. The molecule has 19 heavy (non-hydrogen) atoms. The summed E-state index contributed by atoms with van der Waals surface area (Å²) in [6.45, 7) is 1.82. The third-order valence-electron chi connectivity index (χ3n) is 2.38. The molecule has 3 N–H and O–H groups in total. The van der Waals surface area contributed by atoms with E-state index in [-0.39, 0.29) is 11.9 Å². The van der Waals surface area contributed by atoms with Gasteiger partial charge in [-0.3, -0.25) is 4.79 Å². The summed E-state index contributed by atoms with van der Waals surface area (Å²) in [7, 11) is 1.50. The molecule has 0 aromatic carbocycles. The van der Waals surface area contributed by atoms with Crippen LogP contribution in [0.25, 0.3) is 0 Å². The Balaban J connectivity index is 2.08. The summed E-state index contributed by atoms with van der Waals surface area (Å²) in [5, 5.41) is 11.4. The highest BCUT2D eigenvalue weighted by Crippen LogP contribution is 2.19. The molecule has 2 rings (SSSR count). The molecule has 0 spiro atoms. The molecule has 0 bridgehead atoms. The lowest BCUT2D eigenvalue weighted by molar-refractivity contribution is 0.0939. The van der Waals surface area contributed by atoms with E-state index in [4.69, 9.17) is 10.5 Å². The van der Waals surface area contributed by atoms with Gasteiger partial charge in [0.2, 0.25) is 11.0 Å². The van der Waals surface area contributed by atoms with Gasteiger partial charge in [0.15, 0.2) is 0 Å². The monoisotopic (exact) mass is 279 g/mol. The van der Waals surface area contributed by atoms with Crippen molar-refractivity contribution in [3.63, 3.8) is 0 Å². The zero-order valence-corrected chi connectivity index (χ0v) is 11.3. The van der Waals surface area contributed by atoms with Crippen molar-refractivity contribution < 1.29 is 9.53 Å². The predicted octanol–water partition coefficient (Wildman–Crippen LogP) is 1.01. The van der Waals surface area contributed by atoms with Gasteiger partial charge in [0.05, 0.1) is 13.2 Å². The van der Waals surface area contributed by atoms with Crippen molar-refractivity contribution in [2.45, 2.75) is 13.0 Å². The van der Waals surface area contributed by atoms with Gasteiger partial charge < -0.3 is 15.8 Å². The number of rotatable bonds is 4. The lowest BCUT2D eigenvalue weighted by Crippen LogP contribution is -2.26. The fraction of sp³-hybridized carbons (Fsp3) is 0.273. The van der Waals surface area contributed by atoms with E-state index in [1.165, 1.54) is 24.6 Å². The number of hydrogen-bond acceptors (Lipinski definition) is 7. The molecule has 0 saturated carbocycles. The van der Waals surface area contributed by atoms with E-state index in [1.807, 2.05) is 6.92 Å². The molecule has 0 aliphatic carbocycles. The van der Waals surface area contributed by atoms with E-state index in [1.54, 1.807) is 12.1 Å². The fourth-order valence-electron chi connectivity index (χ4n) is 1.43. The van der Waals surface area contributed by atoms with Gasteiger partial charge in [-0.05, 0) is 13.0 Å². The largest absolute Gasteiger partial charge is 0.481 e. The SMILES string of the molecule is COc1cc(C(=O)N[C@@H](C)c2nnc(N)s2)ccn1. The van der Waals surface area contributed by atoms with E-state index < -0.39 is 0 Å². The molecule has 8 heteroatoms. The number of nitrogens with zero attached hydrogens (tertiary/aromatic N) is 3. The Morgan fingerprint density at radius 1 is 1.53 bits per heavy atom. The van der Waals surface area contributed by atoms with Crippen molar-refractivity contribution in [2.24, 2.45) is 0 Å². The van der Waals surface area contributed by atoms with Crippen molar-refractivity contribution in [1.82, 2.24) is 20.5 Å². The standard InChI is InChI=1S/C11H13N5O2S/c1-6(10-15-16-11(12)19-10)14-9(17)7-3-4-13-8(5-7)18-2/h3-6H,1-2H3,(H2,12,16)(H,14,17)/t6-/m0/s1. The number of anilines is 1. The normalized spacial score (nSPS) is 11.9. The summed E-state index contributed by atoms with van der Waals surface area (Å²) in [5.74, 6) is 0.155. The molecule has 2 aromatic rings. The average Bonchev–Trinajstić information content (AvgIpc) is 2.85. The quantitative estimate of drug-likeness (QED) is 0.866. The van der Waals surface area contributed by atoms with Crippen LogP contribution >= 0.6 is 11.3 Å². The van der Waals surface area contributed by atoms with Gasteiger partial charge in [0.25, 0.3) is 5.91 Å². The van der Waals surface area contributed by atoms with Crippen LogP contribution in [-0.2, 0) is 0 Å². The van der Waals surface area contributed by atoms with Crippen LogP contribution in [0, 0.1) is 0 Å². The number of aromatic nitrogens is 3. The van der Waals surface area contributed by atoms with Crippen LogP contribution in [0.4, 0.5) is 5.13 Å². The number of nitrogen functional groups attached to an aromatic ring is 1. The summed E-state index contributed by atoms with van der Waals surface area (Å²) in [6.07, 6.45) is 1.52. The number of nitrogens with two attached hydrogens (primary N) is 1. The Morgan fingerprint density at radius 3 is 2.95 bits per heavy atom. The predicted molar refractivity (Wildman–Crippen MR) is 71.0 cm³/mol. The van der Waals surface area contributed by atoms with Gasteiger partial charge in [-0.25, -0.2) is 4.98 Å². The minimum atomic E-state index is -0.263. The summed E-state index contributed by atoms with van der Waals surface area (Å²) in [6, 6.07) is 2.91. The summed E-state index contributed by atoms with van der Waals surface area (Å²) in [5.41, 5.74) is 5.97. The molecule has 0 aliphatic heterocycles. The number of ether oxygens (including phenoxy) is 1. The van der Waals surface area contributed by atoms with Gasteiger partial charge in [0, 0.05) is 17.8 Å². The molecule has 2 aromatic heterocycles. The average molecular weight is 279 g/mol. The first-order valence-corrected chi connectivity index (χ1v) is 6.31. The maximum absolute atomic E-state index is 12.0. The highest BCUT2D eigenvalue weighted by Gasteiger charge is 2.15. The van der Waals surface area contributed by atoms with Gasteiger partial charge in [-0.15, -0.1) is 10.2 Å². The second-order valence-corrected chi connectivity index (χ2v) is 4.80. The van der Waals surface area contributed by atoms with Crippen LogP contribution in [0.5, 0.6) is 5.88 Å². The van der Waals surface area contributed by atoms with E-state index in [0.717, 1.165) is 0 Å². The number of nitrogens with one attached hydrogen (secondary N) is 1. The summed E-state index contributed by atoms with van der Waals surface area (Å²) < 4.78 is 4.97. The van der Waals surface area contributed by atoms with Crippen molar-refractivity contribution in [2.75, 3.05) is 12.8 Å². The molecule has 1 atom stereocenters. The van der Waals surface area contributed by atoms with Crippen molar-refractivity contribution in [3.05, 3.63) is 28.9 Å². The van der Waals surface area contributed by atoms with Gasteiger partial charge in [0.1, 0.15) is 5.01 Å². The van der Waals surface area contributed by atoms with Gasteiger partial charge in [-0.1, -0.05) is 11.3 Å². The molecule has 2 heterocycles. The van der Waals surface area contributed by atoms with E-state index in [2.05, 4.69) is 20.5 Å². The molecule has 0 saturated heterocycles. The van der Waals surface area contributed by atoms with Crippen molar-refractivity contribution in [3.8, 4) is 5.88 Å². The van der Waals surface area contributed by atoms with Crippen LogP contribution in [0.15, 0.2) is 18.3 Å². The van der Waals surface area contributed by atoms with Crippen LogP contribution in [0.2, 0.25) is 0 Å². The first-order chi connectivity index (χ1) is 9.10. The Kier molecular flexibility index (Phi) is 3.91. The highest BCUT2D eigenvalue weighted by molar-refractivity contribution is 7.15. The van der Waals surface area contributed by atoms with E-state index in [0.29, 0.717) is 21.6 Å². The zero-order valence-electron chi connectivity index (χ0n) is 10.5. The second kappa shape index (κ2) is 5.61. The molecular formula is C11H13N5O2S. The fourth-order valence-corrected chi connectivity index (χ4v) is 2.04. The van der Waals surface area contributed by atoms with E-state index in [9.17, 15) is 4.79 Å². The molecule has 0 unspecified atom stereocenters. The van der Waals surface area contributed by atoms with Crippen LogP contribution < -0.4 is 15.8 Å². The van der Waals surface area contributed by atoms with Crippen molar-refractivity contribution >= 4 is 22.4 Å². The maximum atomic E-state index is 12.0. The number of methoxy groups -OCH3 is 1. The zero-order chi connectivity index (χ0) is 13.8. The van der Waals surface area contributed by atoms with Crippen LogP contribution in [-0.4, -0.2) is 28.2 Å². The van der Waals surface area contributed by atoms with Crippen LogP contribution in [0.1, 0.15) is 28.3 Å². The molecule has 0 radical (unpaired) electrons. The number of hydrogen-bond donors (Lipinski definition) is 2. The first-order valence-electron chi connectivity index (χ1n) is 5.50. The number of amides is 1. The molecule has 1 amide bonds. The minimum absolute atomic E-state index is 0.234. The third-order valence-corrected chi connectivity index (χ3v) is 3.32. The topological polar surface area (TPSA) is 103 Å². The van der Waals surface area contributed by atoms with Crippen molar-refractivity contribution in [1.29, 1.82) is 0 Å². The Labute approximate surface area is 113 Å². The molecule has 100 valence electrons. The molecular weight excluding hydrogens is 266 g/mol. The number of carbonyl (C=O) groups is 1. The summed E-state index contributed by atoms with van der Waals surface area (Å²) >= 11 is 1.24.